The summed E-state index contributed by atoms with van der Waals surface area (Å²) < 4.78 is 7.65. The number of hydrogen-bond donors (Lipinski definition) is 1. The second-order valence-electron chi connectivity index (χ2n) is 5.81. The van der Waals surface area contributed by atoms with Crippen LogP contribution < -0.4 is 5.32 Å². The zero-order valence-corrected chi connectivity index (χ0v) is 15.2. The molecule has 0 radical (unpaired) electrons. The Morgan fingerprint density at radius 3 is 2.78 bits per heavy atom. The predicted molar refractivity (Wildman–Crippen MR) is 91.3 cm³/mol. The molecule has 0 bridgehead atoms. The molecule has 2 unspecified atom stereocenters. The van der Waals surface area contributed by atoms with Crippen molar-refractivity contribution < 1.29 is 9.53 Å². The van der Waals surface area contributed by atoms with Crippen molar-refractivity contribution in [2.45, 2.75) is 45.4 Å². The first-order chi connectivity index (χ1) is 10.1. The van der Waals surface area contributed by atoms with Crippen LogP contribution in [0.4, 0.5) is 0 Å². The molecule has 2 aliphatic rings. The quantitative estimate of drug-likeness (QED) is 0.854. The van der Waals surface area contributed by atoms with E-state index in [1.165, 1.54) is 0 Å². The Balaban J connectivity index is 0.00000132. The van der Waals surface area contributed by atoms with Gasteiger partial charge in [-0.3, -0.25) is 4.79 Å². The average molecular weight is 366 g/mol. The molecular formula is C14H25Cl2N5O2. The average Bonchev–Trinajstić information content (AvgIpc) is 3.09. The number of hydrogen-bond acceptors (Lipinski definition) is 5. The summed E-state index contributed by atoms with van der Waals surface area (Å²) in [5, 5.41) is 7.63. The van der Waals surface area contributed by atoms with Gasteiger partial charge in [-0.05, 0) is 33.2 Å². The Morgan fingerprint density at radius 2 is 2.17 bits per heavy atom. The number of nitrogens with zero attached hydrogens (tertiary/aromatic N) is 4. The van der Waals surface area contributed by atoms with Gasteiger partial charge >= 0.3 is 0 Å². The highest BCUT2D eigenvalue weighted by Gasteiger charge is 2.31. The molecule has 1 aromatic rings. The van der Waals surface area contributed by atoms with Crippen molar-refractivity contribution in [3.05, 3.63) is 11.6 Å². The molecule has 0 aliphatic carbocycles. The standard InChI is InChI=1S/C14H23N5O2.2ClH/c1-10-16-11(2)19(17-10)9-12-8-18(6-7-21-12)14(20)13-4-3-5-15-13;;/h12-13,15H,3-9H2,1-2H3;2*1H. The Bertz CT molecular complexity index is 519. The van der Waals surface area contributed by atoms with Crippen LogP contribution in [0.2, 0.25) is 0 Å². The fourth-order valence-corrected chi connectivity index (χ4v) is 3.07. The maximum absolute atomic E-state index is 12.4. The molecule has 3 heterocycles. The summed E-state index contributed by atoms with van der Waals surface area (Å²) in [5.41, 5.74) is 0. The topological polar surface area (TPSA) is 72.3 Å². The number of nitrogens with one attached hydrogen (secondary N) is 1. The summed E-state index contributed by atoms with van der Waals surface area (Å²) in [5.74, 6) is 1.87. The largest absolute Gasteiger partial charge is 0.373 e. The van der Waals surface area contributed by atoms with Crippen molar-refractivity contribution in [1.29, 1.82) is 0 Å². The first kappa shape index (κ1) is 20.2. The lowest BCUT2D eigenvalue weighted by atomic mass is 10.1. The van der Waals surface area contributed by atoms with E-state index in [0.717, 1.165) is 31.0 Å². The number of carbonyl (C=O) groups is 1. The van der Waals surface area contributed by atoms with Gasteiger partial charge < -0.3 is 15.0 Å². The van der Waals surface area contributed by atoms with Crippen molar-refractivity contribution in [3.63, 3.8) is 0 Å². The Labute approximate surface area is 149 Å². The summed E-state index contributed by atoms with van der Waals surface area (Å²) in [7, 11) is 0. The van der Waals surface area contributed by atoms with Gasteiger partial charge in [-0.2, -0.15) is 5.10 Å². The van der Waals surface area contributed by atoms with Gasteiger partial charge in [0.25, 0.3) is 0 Å². The van der Waals surface area contributed by atoms with Crippen molar-refractivity contribution in [3.8, 4) is 0 Å². The number of amides is 1. The van der Waals surface area contributed by atoms with Gasteiger partial charge in [-0.1, -0.05) is 0 Å². The molecule has 7 nitrogen and oxygen atoms in total. The van der Waals surface area contributed by atoms with E-state index in [4.69, 9.17) is 4.74 Å². The van der Waals surface area contributed by atoms with Crippen LogP contribution in [0, 0.1) is 13.8 Å². The molecular weight excluding hydrogens is 341 g/mol. The molecule has 23 heavy (non-hydrogen) atoms. The Hall–Kier alpha value is -0.890. The van der Waals surface area contributed by atoms with E-state index in [-0.39, 0.29) is 42.9 Å². The molecule has 1 N–H and O–H groups in total. The molecule has 2 atom stereocenters. The molecule has 2 fully saturated rings. The fourth-order valence-electron chi connectivity index (χ4n) is 3.07. The first-order valence-corrected chi connectivity index (χ1v) is 7.65. The third-order valence-electron chi connectivity index (χ3n) is 4.15. The lowest BCUT2D eigenvalue weighted by Crippen LogP contribution is -2.52. The molecule has 132 valence electrons. The van der Waals surface area contributed by atoms with Crippen LogP contribution >= 0.6 is 24.8 Å². The number of aryl methyl sites for hydroxylation is 2. The van der Waals surface area contributed by atoms with E-state index in [2.05, 4.69) is 15.4 Å². The summed E-state index contributed by atoms with van der Waals surface area (Å²) in [6.45, 7) is 7.32. The predicted octanol–water partition coefficient (Wildman–Crippen LogP) is 0.718. The Morgan fingerprint density at radius 1 is 1.39 bits per heavy atom. The van der Waals surface area contributed by atoms with Crippen molar-refractivity contribution in [1.82, 2.24) is 25.0 Å². The molecule has 0 saturated carbocycles. The van der Waals surface area contributed by atoms with Crippen LogP contribution in [-0.2, 0) is 16.1 Å². The smallest absolute Gasteiger partial charge is 0.239 e. The lowest BCUT2D eigenvalue weighted by molar-refractivity contribution is -0.141. The maximum atomic E-state index is 12.4. The summed E-state index contributed by atoms with van der Waals surface area (Å²) in [6.07, 6.45) is 2.02. The SMILES string of the molecule is Cc1nc(C)n(CC2CN(C(=O)C3CCCN3)CCO2)n1.Cl.Cl. The monoisotopic (exact) mass is 365 g/mol. The van der Waals surface area contributed by atoms with Crippen molar-refractivity contribution >= 4 is 30.7 Å². The highest BCUT2D eigenvalue weighted by Crippen LogP contribution is 2.13. The summed E-state index contributed by atoms with van der Waals surface area (Å²) >= 11 is 0. The third-order valence-corrected chi connectivity index (χ3v) is 4.15. The van der Waals surface area contributed by atoms with E-state index in [9.17, 15) is 4.79 Å². The van der Waals surface area contributed by atoms with Crippen LogP contribution in [0.1, 0.15) is 24.5 Å². The second-order valence-corrected chi connectivity index (χ2v) is 5.81. The number of halogens is 2. The molecule has 2 saturated heterocycles. The fraction of sp³-hybridized carbons (Fsp3) is 0.786. The van der Waals surface area contributed by atoms with Gasteiger partial charge in [0, 0.05) is 13.1 Å². The van der Waals surface area contributed by atoms with E-state index in [0.29, 0.717) is 26.2 Å². The summed E-state index contributed by atoms with van der Waals surface area (Å²) in [4.78, 5) is 18.7. The van der Waals surface area contributed by atoms with Crippen molar-refractivity contribution in [2.75, 3.05) is 26.2 Å². The highest BCUT2D eigenvalue weighted by molar-refractivity contribution is 5.85. The minimum Gasteiger partial charge on any atom is -0.373 e. The second kappa shape index (κ2) is 8.82. The molecule has 0 spiro atoms. The van der Waals surface area contributed by atoms with Crippen molar-refractivity contribution in [2.24, 2.45) is 0 Å². The number of morpholine rings is 1. The van der Waals surface area contributed by atoms with Crippen LogP contribution in [0.15, 0.2) is 0 Å². The maximum Gasteiger partial charge on any atom is 0.239 e. The number of aromatic nitrogens is 3. The van der Waals surface area contributed by atoms with E-state index < -0.39 is 0 Å². The zero-order chi connectivity index (χ0) is 14.8. The van der Waals surface area contributed by atoms with Crippen LogP contribution in [-0.4, -0.2) is 64.0 Å². The summed E-state index contributed by atoms with van der Waals surface area (Å²) in [6, 6.07) is -0.000833. The minimum absolute atomic E-state index is 0. The Kier molecular flexibility index (Phi) is 7.73. The lowest BCUT2D eigenvalue weighted by Gasteiger charge is -2.34. The van der Waals surface area contributed by atoms with Gasteiger partial charge in [-0.25, -0.2) is 9.67 Å². The van der Waals surface area contributed by atoms with E-state index in [1.54, 1.807) is 0 Å². The van der Waals surface area contributed by atoms with Crippen LogP contribution in [0.25, 0.3) is 0 Å². The highest BCUT2D eigenvalue weighted by atomic mass is 35.5. The van der Waals surface area contributed by atoms with Crippen LogP contribution in [0.5, 0.6) is 0 Å². The molecule has 9 heteroatoms. The number of carbonyl (C=O) groups excluding carboxylic acids is 1. The van der Waals surface area contributed by atoms with E-state index in [1.807, 2.05) is 23.4 Å². The van der Waals surface area contributed by atoms with Gasteiger partial charge in [-0.15, -0.1) is 24.8 Å². The van der Waals surface area contributed by atoms with Gasteiger partial charge in [0.15, 0.2) is 0 Å². The molecule has 1 amide bonds. The zero-order valence-electron chi connectivity index (χ0n) is 13.5. The van der Waals surface area contributed by atoms with E-state index >= 15 is 0 Å². The van der Waals surface area contributed by atoms with Gasteiger partial charge in [0.1, 0.15) is 11.6 Å². The molecule has 3 rings (SSSR count). The molecule has 2 aliphatic heterocycles. The third kappa shape index (κ3) is 4.79. The molecule has 0 aromatic carbocycles. The van der Waals surface area contributed by atoms with Gasteiger partial charge in [0.2, 0.25) is 5.91 Å². The number of rotatable bonds is 3. The van der Waals surface area contributed by atoms with Crippen LogP contribution in [0.3, 0.4) is 0 Å². The first-order valence-electron chi connectivity index (χ1n) is 7.65. The number of ether oxygens (including phenoxy) is 1. The van der Waals surface area contributed by atoms with Gasteiger partial charge in [0.05, 0.1) is 25.3 Å². The molecule has 1 aromatic heterocycles. The minimum atomic E-state index is -0.0103. The normalized spacial score (nSPS) is 24.0.